The van der Waals surface area contributed by atoms with Crippen molar-refractivity contribution < 1.29 is 0 Å². The summed E-state index contributed by atoms with van der Waals surface area (Å²) in [7, 11) is 1.95. The van der Waals surface area contributed by atoms with E-state index < -0.39 is 0 Å². The van der Waals surface area contributed by atoms with Crippen molar-refractivity contribution in [2.24, 2.45) is 5.73 Å². The van der Waals surface area contributed by atoms with Gasteiger partial charge in [-0.15, -0.1) is 11.3 Å². The number of aromatic nitrogens is 2. The lowest BCUT2D eigenvalue weighted by Crippen LogP contribution is -2.26. The fraction of sp³-hybridized carbons (Fsp3) is 0.333. The summed E-state index contributed by atoms with van der Waals surface area (Å²) in [6.07, 6.45) is 1.80. The molecule has 0 aliphatic rings. The third-order valence-corrected chi connectivity index (χ3v) is 3.58. The lowest BCUT2D eigenvalue weighted by molar-refractivity contribution is 0.847. The van der Waals surface area contributed by atoms with Gasteiger partial charge in [0.15, 0.2) is 0 Å². The SMILES string of the molecule is Cc1ccsc1-c1ccnc(N(C)CCN)n1. The van der Waals surface area contributed by atoms with Crippen LogP contribution in [0.25, 0.3) is 10.6 Å². The van der Waals surface area contributed by atoms with Gasteiger partial charge in [0.05, 0.1) is 10.6 Å². The lowest BCUT2D eigenvalue weighted by atomic mass is 10.2. The molecule has 5 heteroatoms. The minimum atomic E-state index is 0.599. The Morgan fingerprint density at radius 2 is 2.24 bits per heavy atom. The number of nitrogens with two attached hydrogens (primary N) is 1. The van der Waals surface area contributed by atoms with Gasteiger partial charge in [-0.05, 0) is 30.0 Å². The monoisotopic (exact) mass is 248 g/mol. The number of thiophene rings is 1. The van der Waals surface area contributed by atoms with Gasteiger partial charge in [0, 0.05) is 26.3 Å². The van der Waals surface area contributed by atoms with E-state index in [0.29, 0.717) is 6.54 Å². The molecule has 0 aromatic carbocycles. The minimum Gasteiger partial charge on any atom is -0.343 e. The largest absolute Gasteiger partial charge is 0.343 e. The lowest BCUT2D eigenvalue weighted by Gasteiger charge is -2.15. The molecule has 2 heterocycles. The van der Waals surface area contributed by atoms with Crippen LogP contribution in [0.4, 0.5) is 5.95 Å². The van der Waals surface area contributed by atoms with Crippen molar-refractivity contribution >= 4 is 17.3 Å². The summed E-state index contributed by atoms with van der Waals surface area (Å²) >= 11 is 1.70. The second kappa shape index (κ2) is 5.25. The molecule has 4 nitrogen and oxygen atoms in total. The smallest absolute Gasteiger partial charge is 0.225 e. The Morgan fingerprint density at radius 3 is 2.88 bits per heavy atom. The maximum atomic E-state index is 5.53. The number of nitrogens with zero attached hydrogens (tertiary/aromatic N) is 3. The van der Waals surface area contributed by atoms with Gasteiger partial charge < -0.3 is 10.6 Å². The summed E-state index contributed by atoms with van der Waals surface area (Å²) in [4.78, 5) is 12.0. The summed E-state index contributed by atoms with van der Waals surface area (Å²) in [5.41, 5.74) is 7.76. The molecule has 0 amide bonds. The van der Waals surface area contributed by atoms with Gasteiger partial charge in [-0.25, -0.2) is 9.97 Å². The molecular formula is C12H16N4S. The molecule has 0 saturated carbocycles. The fourth-order valence-corrected chi connectivity index (χ4v) is 2.48. The molecule has 0 aliphatic carbocycles. The van der Waals surface area contributed by atoms with Gasteiger partial charge >= 0.3 is 0 Å². The van der Waals surface area contributed by atoms with Crippen molar-refractivity contribution in [3.63, 3.8) is 0 Å². The molecule has 2 rings (SSSR count). The molecule has 0 bridgehead atoms. The highest BCUT2D eigenvalue weighted by atomic mass is 32.1. The quantitative estimate of drug-likeness (QED) is 0.898. The van der Waals surface area contributed by atoms with Crippen LogP contribution in [0, 0.1) is 6.92 Å². The molecular weight excluding hydrogens is 232 g/mol. The Bertz CT molecular complexity index is 495. The maximum absolute atomic E-state index is 5.53. The van der Waals surface area contributed by atoms with Gasteiger partial charge in [-0.2, -0.15) is 0 Å². The predicted molar refractivity (Wildman–Crippen MR) is 72.4 cm³/mol. The van der Waals surface area contributed by atoms with Crippen LogP contribution in [0.2, 0.25) is 0 Å². The normalized spacial score (nSPS) is 10.5. The van der Waals surface area contributed by atoms with E-state index in [2.05, 4.69) is 28.3 Å². The molecule has 90 valence electrons. The summed E-state index contributed by atoms with van der Waals surface area (Å²) in [6.45, 7) is 3.45. The molecule has 0 unspecified atom stereocenters. The maximum Gasteiger partial charge on any atom is 0.225 e. The number of hydrogen-bond donors (Lipinski definition) is 1. The third kappa shape index (κ3) is 2.62. The zero-order valence-corrected chi connectivity index (χ0v) is 10.9. The van der Waals surface area contributed by atoms with Crippen LogP contribution < -0.4 is 10.6 Å². The summed E-state index contributed by atoms with van der Waals surface area (Å²) in [5, 5.41) is 2.08. The highest BCUT2D eigenvalue weighted by molar-refractivity contribution is 7.13. The molecule has 0 fully saturated rings. The topological polar surface area (TPSA) is 55.0 Å². The first kappa shape index (κ1) is 12.0. The average molecular weight is 248 g/mol. The van der Waals surface area contributed by atoms with Crippen LogP contribution in [0.1, 0.15) is 5.56 Å². The van der Waals surface area contributed by atoms with Gasteiger partial charge in [0.2, 0.25) is 5.95 Å². The van der Waals surface area contributed by atoms with Crippen molar-refractivity contribution in [1.29, 1.82) is 0 Å². The number of anilines is 1. The molecule has 2 N–H and O–H groups in total. The van der Waals surface area contributed by atoms with E-state index in [4.69, 9.17) is 5.73 Å². The van der Waals surface area contributed by atoms with E-state index in [1.54, 1.807) is 17.5 Å². The summed E-state index contributed by atoms with van der Waals surface area (Å²) in [6, 6.07) is 4.05. The molecule has 2 aromatic rings. The zero-order valence-electron chi connectivity index (χ0n) is 10.1. The molecule has 2 aromatic heterocycles. The van der Waals surface area contributed by atoms with Crippen molar-refractivity contribution in [2.75, 3.05) is 25.0 Å². The first-order valence-corrected chi connectivity index (χ1v) is 6.39. The van der Waals surface area contributed by atoms with Gasteiger partial charge in [0.25, 0.3) is 0 Å². The van der Waals surface area contributed by atoms with Crippen molar-refractivity contribution in [1.82, 2.24) is 9.97 Å². The molecule has 0 saturated heterocycles. The average Bonchev–Trinajstić information content (AvgIpc) is 2.76. The summed E-state index contributed by atoms with van der Waals surface area (Å²) in [5.74, 6) is 0.723. The van der Waals surface area contributed by atoms with E-state index >= 15 is 0 Å². The van der Waals surface area contributed by atoms with Crippen molar-refractivity contribution in [2.45, 2.75) is 6.92 Å². The van der Waals surface area contributed by atoms with E-state index in [0.717, 1.165) is 18.2 Å². The number of aryl methyl sites for hydroxylation is 1. The first-order valence-electron chi connectivity index (χ1n) is 5.51. The Morgan fingerprint density at radius 1 is 1.41 bits per heavy atom. The van der Waals surface area contributed by atoms with E-state index in [1.165, 1.54) is 10.4 Å². The number of likely N-dealkylation sites (N-methyl/N-ethyl adjacent to an activating group) is 1. The Labute approximate surface area is 105 Å². The van der Waals surface area contributed by atoms with Gasteiger partial charge in [-0.1, -0.05) is 0 Å². The molecule has 0 spiro atoms. The highest BCUT2D eigenvalue weighted by Crippen LogP contribution is 2.27. The van der Waals surface area contributed by atoms with E-state index in [-0.39, 0.29) is 0 Å². The fourth-order valence-electron chi connectivity index (χ4n) is 1.59. The van der Waals surface area contributed by atoms with Gasteiger partial charge in [0.1, 0.15) is 0 Å². The molecule has 0 radical (unpaired) electrons. The van der Waals surface area contributed by atoms with Crippen LogP contribution in [0.3, 0.4) is 0 Å². The van der Waals surface area contributed by atoms with Crippen LogP contribution in [-0.2, 0) is 0 Å². The number of hydrogen-bond acceptors (Lipinski definition) is 5. The second-order valence-electron chi connectivity index (χ2n) is 3.88. The summed E-state index contributed by atoms with van der Waals surface area (Å²) < 4.78 is 0. The van der Waals surface area contributed by atoms with Crippen LogP contribution in [0.5, 0.6) is 0 Å². The van der Waals surface area contributed by atoms with E-state index in [1.807, 2.05) is 18.0 Å². The van der Waals surface area contributed by atoms with Crippen LogP contribution in [-0.4, -0.2) is 30.1 Å². The van der Waals surface area contributed by atoms with Crippen LogP contribution >= 0.6 is 11.3 Å². The molecule has 0 aliphatic heterocycles. The molecule has 17 heavy (non-hydrogen) atoms. The van der Waals surface area contributed by atoms with E-state index in [9.17, 15) is 0 Å². The Balaban J connectivity index is 2.32. The minimum absolute atomic E-state index is 0.599. The van der Waals surface area contributed by atoms with Crippen molar-refractivity contribution in [3.05, 3.63) is 29.3 Å². The molecule has 0 atom stereocenters. The first-order chi connectivity index (χ1) is 8.22. The van der Waals surface area contributed by atoms with Gasteiger partial charge in [-0.3, -0.25) is 0 Å². The predicted octanol–water partition coefficient (Wildman–Crippen LogP) is 1.91. The zero-order chi connectivity index (χ0) is 12.3. The highest BCUT2D eigenvalue weighted by Gasteiger charge is 2.08. The third-order valence-electron chi connectivity index (χ3n) is 2.54. The standard InChI is InChI=1S/C12H16N4S/c1-9-4-8-17-11(9)10-3-6-14-12(15-10)16(2)7-5-13/h3-4,6,8H,5,7,13H2,1-2H3. The Kier molecular flexibility index (Phi) is 3.71. The van der Waals surface area contributed by atoms with Crippen LogP contribution in [0.15, 0.2) is 23.7 Å². The number of rotatable bonds is 4. The van der Waals surface area contributed by atoms with Crippen molar-refractivity contribution in [3.8, 4) is 10.6 Å². The Hall–Kier alpha value is -1.46. The second-order valence-corrected chi connectivity index (χ2v) is 4.80.